The summed E-state index contributed by atoms with van der Waals surface area (Å²) < 4.78 is 0. The molecule has 4 fully saturated rings. The number of hydrogen-bond acceptors (Lipinski definition) is 1. The minimum Gasteiger partial charge on any atom is -0.397 e. The highest BCUT2D eigenvalue weighted by molar-refractivity contribution is 4.92. The third-order valence-corrected chi connectivity index (χ3v) is 4.00. The van der Waals surface area contributed by atoms with E-state index in [0.29, 0.717) is 0 Å². The summed E-state index contributed by atoms with van der Waals surface area (Å²) in [6.45, 7) is 5.93. The molecule has 1 nitrogen and oxygen atoms in total. The fourth-order valence-electron chi connectivity index (χ4n) is 3.98. The summed E-state index contributed by atoms with van der Waals surface area (Å²) in [5.41, 5.74) is 0. The summed E-state index contributed by atoms with van der Waals surface area (Å²) in [7, 11) is 0. The Balaban J connectivity index is 0.000000198. The van der Waals surface area contributed by atoms with Crippen LogP contribution in [0.1, 0.15) is 59.3 Å². The van der Waals surface area contributed by atoms with Crippen LogP contribution in [0.4, 0.5) is 0 Å². The second-order valence-corrected chi connectivity index (χ2v) is 5.19. The van der Waals surface area contributed by atoms with Crippen molar-refractivity contribution in [3.8, 4) is 0 Å². The summed E-state index contributed by atoms with van der Waals surface area (Å²) in [4.78, 5) is 0. The molecule has 4 saturated carbocycles. The van der Waals surface area contributed by atoms with E-state index in [2.05, 4.69) is 0 Å². The van der Waals surface area contributed by atoms with Crippen molar-refractivity contribution in [1.82, 2.24) is 0 Å². The van der Waals surface area contributed by atoms with Crippen LogP contribution in [-0.4, -0.2) is 11.7 Å². The molecule has 90 valence electrons. The zero-order chi connectivity index (χ0) is 11.3. The zero-order valence-corrected chi connectivity index (χ0v) is 10.7. The van der Waals surface area contributed by atoms with E-state index < -0.39 is 0 Å². The van der Waals surface area contributed by atoms with Crippen molar-refractivity contribution in [3.05, 3.63) is 0 Å². The van der Waals surface area contributed by atoms with Crippen LogP contribution in [0.2, 0.25) is 0 Å². The van der Waals surface area contributed by atoms with Crippen LogP contribution < -0.4 is 0 Å². The van der Waals surface area contributed by atoms with Crippen molar-refractivity contribution in [2.45, 2.75) is 59.3 Å². The van der Waals surface area contributed by atoms with Crippen molar-refractivity contribution < 1.29 is 5.11 Å². The van der Waals surface area contributed by atoms with E-state index in [1.165, 1.54) is 23.7 Å². The maximum atomic E-state index is 7.57. The highest BCUT2D eigenvalue weighted by Gasteiger charge is 2.41. The Hall–Kier alpha value is -0.0400. The Morgan fingerprint density at radius 1 is 0.733 bits per heavy atom. The molecule has 0 atom stereocenters. The van der Waals surface area contributed by atoms with Crippen molar-refractivity contribution in [1.29, 1.82) is 0 Å². The van der Waals surface area contributed by atoms with E-state index in [9.17, 15) is 0 Å². The van der Waals surface area contributed by atoms with E-state index in [1.807, 2.05) is 13.8 Å². The summed E-state index contributed by atoms with van der Waals surface area (Å²) in [5.74, 6) is 4.71. The highest BCUT2D eigenvalue weighted by Crippen LogP contribution is 2.53. The van der Waals surface area contributed by atoms with E-state index in [4.69, 9.17) is 5.11 Å². The molecule has 0 aromatic heterocycles. The Labute approximate surface area is 95.3 Å². The smallest absolute Gasteiger partial charge is 0.0402 e. The molecule has 0 saturated heterocycles. The second-order valence-electron chi connectivity index (χ2n) is 5.19. The number of aliphatic hydroxyl groups excluding tert-OH is 1. The SMILES string of the molecule is C1C2CC3CC1CC(C2)C3.CC.CCO. The molecule has 0 aromatic carbocycles. The Bertz CT molecular complexity index is 108. The van der Waals surface area contributed by atoms with Gasteiger partial charge in [0.1, 0.15) is 0 Å². The molecule has 1 N–H and O–H groups in total. The monoisotopic (exact) mass is 212 g/mol. The molecule has 0 aromatic rings. The summed E-state index contributed by atoms with van der Waals surface area (Å²) in [5, 5.41) is 7.57. The van der Waals surface area contributed by atoms with Crippen molar-refractivity contribution >= 4 is 0 Å². The van der Waals surface area contributed by atoms with Crippen LogP contribution in [0.5, 0.6) is 0 Å². The molecule has 4 bridgehead atoms. The lowest BCUT2D eigenvalue weighted by molar-refractivity contribution is 0.0198. The lowest BCUT2D eigenvalue weighted by Crippen LogP contribution is -2.38. The molecule has 0 spiro atoms. The summed E-state index contributed by atoms with van der Waals surface area (Å²) >= 11 is 0. The fraction of sp³-hybridized carbons (Fsp3) is 1.00. The molecule has 0 aliphatic heterocycles. The van der Waals surface area contributed by atoms with Gasteiger partial charge in [0.25, 0.3) is 0 Å². The van der Waals surface area contributed by atoms with Crippen molar-refractivity contribution in [2.24, 2.45) is 23.7 Å². The van der Waals surface area contributed by atoms with E-state index in [1.54, 1.807) is 45.4 Å². The minimum atomic E-state index is 0.250. The van der Waals surface area contributed by atoms with Gasteiger partial charge in [-0.25, -0.2) is 0 Å². The molecular formula is C14H28O. The van der Waals surface area contributed by atoms with Gasteiger partial charge in [0, 0.05) is 6.61 Å². The van der Waals surface area contributed by atoms with Gasteiger partial charge < -0.3 is 5.11 Å². The van der Waals surface area contributed by atoms with Crippen LogP contribution in [0.25, 0.3) is 0 Å². The van der Waals surface area contributed by atoms with Gasteiger partial charge in [0.2, 0.25) is 0 Å². The normalized spacial score (nSPS) is 40.0. The van der Waals surface area contributed by atoms with Gasteiger partial charge in [-0.05, 0) is 69.1 Å². The molecular weight excluding hydrogens is 184 g/mol. The van der Waals surface area contributed by atoms with Gasteiger partial charge in [-0.2, -0.15) is 0 Å². The minimum absolute atomic E-state index is 0.250. The third-order valence-electron chi connectivity index (χ3n) is 4.00. The Morgan fingerprint density at radius 2 is 0.867 bits per heavy atom. The van der Waals surface area contributed by atoms with Gasteiger partial charge in [-0.15, -0.1) is 0 Å². The zero-order valence-electron chi connectivity index (χ0n) is 10.7. The molecule has 4 rings (SSSR count). The van der Waals surface area contributed by atoms with Crippen molar-refractivity contribution in [3.63, 3.8) is 0 Å². The molecule has 4 aliphatic rings. The topological polar surface area (TPSA) is 20.2 Å². The molecule has 15 heavy (non-hydrogen) atoms. The van der Waals surface area contributed by atoms with E-state index in [0.717, 1.165) is 0 Å². The lowest BCUT2D eigenvalue weighted by atomic mass is 9.56. The van der Waals surface area contributed by atoms with Crippen LogP contribution in [0.15, 0.2) is 0 Å². The summed E-state index contributed by atoms with van der Waals surface area (Å²) in [6.07, 6.45) is 9.62. The van der Waals surface area contributed by atoms with Crippen LogP contribution in [0.3, 0.4) is 0 Å². The Kier molecular flexibility index (Phi) is 5.66. The number of rotatable bonds is 0. The number of aliphatic hydroxyl groups is 1. The summed E-state index contributed by atoms with van der Waals surface area (Å²) in [6, 6.07) is 0. The first-order valence-corrected chi connectivity index (χ1v) is 6.92. The molecule has 0 amide bonds. The van der Waals surface area contributed by atoms with E-state index in [-0.39, 0.29) is 6.61 Å². The van der Waals surface area contributed by atoms with Crippen LogP contribution in [0, 0.1) is 23.7 Å². The molecule has 1 heteroatoms. The fourth-order valence-corrected chi connectivity index (χ4v) is 3.98. The maximum Gasteiger partial charge on any atom is 0.0402 e. The standard InChI is InChI=1S/C10H16.C2H6O.C2H6/c1-7-2-9-4-8(1)5-10(3-7)6-9;1-2-3;1-2/h7-10H,1-6H2;3H,2H2,1H3;1-2H3. The van der Waals surface area contributed by atoms with Gasteiger partial charge >= 0.3 is 0 Å². The predicted molar refractivity (Wildman–Crippen MR) is 65.8 cm³/mol. The van der Waals surface area contributed by atoms with Crippen LogP contribution >= 0.6 is 0 Å². The van der Waals surface area contributed by atoms with Gasteiger partial charge in [-0.3, -0.25) is 0 Å². The first-order valence-electron chi connectivity index (χ1n) is 6.92. The van der Waals surface area contributed by atoms with Gasteiger partial charge in [-0.1, -0.05) is 13.8 Å². The third kappa shape index (κ3) is 3.48. The van der Waals surface area contributed by atoms with Gasteiger partial charge in [0.15, 0.2) is 0 Å². The molecule has 0 radical (unpaired) electrons. The van der Waals surface area contributed by atoms with E-state index >= 15 is 0 Å². The predicted octanol–water partition coefficient (Wildman–Crippen LogP) is 3.86. The molecule has 0 heterocycles. The molecule has 0 unspecified atom stereocenters. The first kappa shape index (κ1) is 13.0. The molecule has 4 aliphatic carbocycles. The van der Waals surface area contributed by atoms with Gasteiger partial charge in [0.05, 0.1) is 0 Å². The second kappa shape index (κ2) is 6.52. The quantitative estimate of drug-likeness (QED) is 0.646. The first-order chi connectivity index (χ1) is 7.31. The maximum absolute atomic E-state index is 7.57. The average Bonchev–Trinajstić information content (AvgIpc) is 2.19. The number of hydrogen-bond donors (Lipinski definition) is 1. The van der Waals surface area contributed by atoms with Crippen molar-refractivity contribution in [2.75, 3.05) is 6.61 Å². The Morgan fingerprint density at radius 3 is 1.00 bits per heavy atom. The largest absolute Gasteiger partial charge is 0.397 e. The highest BCUT2D eigenvalue weighted by atomic mass is 16.2. The average molecular weight is 212 g/mol. The lowest BCUT2D eigenvalue weighted by Gasteiger charge is -2.49. The van der Waals surface area contributed by atoms with Crippen LogP contribution in [-0.2, 0) is 0 Å².